The lowest BCUT2D eigenvalue weighted by molar-refractivity contribution is 0.654. The van der Waals surface area contributed by atoms with E-state index in [1.54, 1.807) is 0 Å². The maximum absolute atomic E-state index is 5.98. The van der Waals surface area contributed by atoms with E-state index in [9.17, 15) is 0 Å². The summed E-state index contributed by atoms with van der Waals surface area (Å²) < 4.78 is 0. The summed E-state index contributed by atoms with van der Waals surface area (Å²) in [4.78, 5) is 0. The minimum Gasteiger partial charge on any atom is -0.121 e. The zero-order valence-electron chi connectivity index (χ0n) is 5.89. The fourth-order valence-corrected chi connectivity index (χ4v) is 1.61. The van der Waals surface area contributed by atoms with E-state index in [1.807, 2.05) is 0 Å². The monoisotopic (exact) mass is 178 g/mol. The predicted molar refractivity (Wildman–Crippen MR) is 46.9 cm³/mol. The average Bonchev–Trinajstić information content (AvgIpc) is 1.92. The van der Waals surface area contributed by atoms with Crippen LogP contribution in [0.5, 0.6) is 0 Å². The molecule has 0 N–H and O–H groups in total. The first-order valence-corrected chi connectivity index (χ1v) is 4.61. The maximum atomic E-state index is 5.98. The Morgan fingerprint density at radius 3 is 1.70 bits per heavy atom. The molecule has 0 aromatic rings. The van der Waals surface area contributed by atoms with Gasteiger partial charge in [0, 0.05) is 0 Å². The van der Waals surface area contributed by atoms with Crippen molar-refractivity contribution in [3.63, 3.8) is 0 Å². The molecule has 0 radical (unpaired) electrons. The summed E-state index contributed by atoms with van der Waals surface area (Å²) in [5, 5.41) is 0.346. The van der Waals surface area contributed by atoms with Gasteiger partial charge in [-0.2, -0.15) is 0 Å². The Bertz CT molecular complexity index is 106. The van der Waals surface area contributed by atoms with E-state index in [-0.39, 0.29) is 10.8 Å². The Morgan fingerprint density at radius 1 is 0.900 bits per heavy atom. The Balaban J connectivity index is 2.40. The minimum absolute atomic E-state index is 0.173. The summed E-state index contributed by atoms with van der Waals surface area (Å²) >= 11 is 12.0. The lowest BCUT2D eigenvalue weighted by Crippen LogP contribution is -2.15. The summed E-state index contributed by atoms with van der Waals surface area (Å²) in [6.07, 6.45) is 8.59. The third kappa shape index (κ3) is 2.51. The molecule has 0 nitrogen and oxygen atoms in total. The van der Waals surface area contributed by atoms with Crippen LogP contribution in [-0.2, 0) is 0 Å². The normalized spacial score (nSPS) is 35.0. The van der Waals surface area contributed by atoms with Crippen LogP contribution in [0.3, 0.4) is 0 Å². The van der Waals surface area contributed by atoms with Gasteiger partial charge in [0.25, 0.3) is 0 Å². The minimum atomic E-state index is 0.173. The molecule has 0 aromatic heterocycles. The van der Waals surface area contributed by atoms with Crippen LogP contribution in [0.4, 0.5) is 0 Å². The number of rotatable bonds is 0. The van der Waals surface area contributed by atoms with Crippen LogP contribution in [-0.4, -0.2) is 10.8 Å². The van der Waals surface area contributed by atoms with Crippen LogP contribution in [0.15, 0.2) is 12.2 Å². The Kier molecular flexibility index (Phi) is 3.58. The molecular weight excluding hydrogens is 167 g/mol. The molecule has 0 heterocycles. The van der Waals surface area contributed by atoms with Crippen molar-refractivity contribution < 1.29 is 0 Å². The molecule has 0 saturated carbocycles. The highest BCUT2D eigenvalue weighted by Gasteiger charge is 2.15. The van der Waals surface area contributed by atoms with Gasteiger partial charge in [-0.05, 0) is 25.7 Å². The molecule has 58 valence electrons. The van der Waals surface area contributed by atoms with Gasteiger partial charge >= 0.3 is 0 Å². The van der Waals surface area contributed by atoms with Gasteiger partial charge in [0.15, 0.2) is 0 Å². The molecule has 0 unspecified atom stereocenters. The fraction of sp³-hybridized carbons (Fsp3) is 0.750. The second kappa shape index (κ2) is 4.25. The average molecular weight is 179 g/mol. The third-order valence-electron chi connectivity index (χ3n) is 1.78. The highest BCUT2D eigenvalue weighted by atomic mass is 35.5. The molecule has 1 aliphatic carbocycles. The molecule has 0 fully saturated rings. The first kappa shape index (κ1) is 8.42. The highest BCUT2D eigenvalue weighted by molar-refractivity contribution is 6.29. The van der Waals surface area contributed by atoms with Crippen LogP contribution >= 0.6 is 23.2 Å². The second-order valence-corrected chi connectivity index (χ2v) is 3.78. The number of allylic oxidation sites excluding steroid dienone is 2. The first-order chi connectivity index (χ1) is 4.80. The summed E-state index contributed by atoms with van der Waals surface area (Å²) in [5.41, 5.74) is 0. The van der Waals surface area contributed by atoms with Gasteiger partial charge < -0.3 is 0 Å². The summed E-state index contributed by atoms with van der Waals surface area (Å²) in [6, 6.07) is 0. The van der Waals surface area contributed by atoms with Gasteiger partial charge in [0.05, 0.1) is 10.8 Å². The molecular formula is C8H12Cl2. The lowest BCUT2D eigenvalue weighted by atomic mass is 10.1. The SMILES string of the molecule is Cl[C@H]1CCC=CCC[C@@H]1Cl. The largest absolute Gasteiger partial charge is 0.121 e. The number of hydrogen-bond acceptors (Lipinski definition) is 0. The standard InChI is InChI=1S/C8H12Cl2/c9-7-5-3-1-2-4-6-8(7)10/h1-2,7-8H,3-6H2/t7-,8-/m0/s1. The van der Waals surface area contributed by atoms with Crippen LogP contribution in [0.1, 0.15) is 25.7 Å². The van der Waals surface area contributed by atoms with Crippen molar-refractivity contribution in [1.82, 2.24) is 0 Å². The Morgan fingerprint density at radius 2 is 1.30 bits per heavy atom. The van der Waals surface area contributed by atoms with Gasteiger partial charge in [0.1, 0.15) is 0 Å². The number of alkyl halides is 2. The second-order valence-electron chi connectivity index (χ2n) is 2.66. The molecule has 2 heteroatoms. The van der Waals surface area contributed by atoms with E-state index in [0.717, 1.165) is 25.7 Å². The van der Waals surface area contributed by atoms with Crippen molar-refractivity contribution >= 4 is 23.2 Å². The van der Waals surface area contributed by atoms with E-state index in [2.05, 4.69) is 12.2 Å². The molecule has 0 saturated heterocycles. The third-order valence-corrected chi connectivity index (χ3v) is 2.95. The van der Waals surface area contributed by atoms with Crippen LogP contribution in [0, 0.1) is 0 Å². The summed E-state index contributed by atoms with van der Waals surface area (Å²) in [7, 11) is 0. The van der Waals surface area contributed by atoms with E-state index in [4.69, 9.17) is 23.2 Å². The molecule has 1 aliphatic rings. The smallest absolute Gasteiger partial charge is 0.0502 e. The number of halogens is 2. The van der Waals surface area contributed by atoms with Gasteiger partial charge in [0.2, 0.25) is 0 Å². The molecule has 0 bridgehead atoms. The molecule has 0 amide bonds. The van der Waals surface area contributed by atoms with Crippen molar-refractivity contribution in [2.45, 2.75) is 36.4 Å². The van der Waals surface area contributed by atoms with Crippen molar-refractivity contribution in [2.75, 3.05) is 0 Å². The molecule has 0 aliphatic heterocycles. The zero-order valence-corrected chi connectivity index (χ0v) is 7.41. The van der Waals surface area contributed by atoms with E-state index in [0.29, 0.717) is 0 Å². The molecule has 0 spiro atoms. The zero-order chi connectivity index (χ0) is 7.40. The van der Waals surface area contributed by atoms with Crippen molar-refractivity contribution in [3.05, 3.63) is 12.2 Å². The van der Waals surface area contributed by atoms with Crippen LogP contribution < -0.4 is 0 Å². The maximum Gasteiger partial charge on any atom is 0.0502 e. The van der Waals surface area contributed by atoms with Crippen molar-refractivity contribution in [1.29, 1.82) is 0 Å². The lowest BCUT2D eigenvalue weighted by Gasteiger charge is -2.15. The topological polar surface area (TPSA) is 0 Å². The summed E-state index contributed by atoms with van der Waals surface area (Å²) in [5.74, 6) is 0. The molecule has 2 atom stereocenters. The van der Waals surface area contributed by atoms with Crippen molar-refractivity contribution in [2.24, 2.45) is 0 Å². The first-order valence-electron chi connectivity index (χ1n) is 3.74. The van der Waals surface area contributed by atoms with Gasteiger partial charge in [-0.1, -0.05) is 12.2 Å². The molecule has 1 rings (SSSR count). The summed E-state index contributed by atoms with van der Waals surface area (Å²) in [6.45, 7) is 0. The number of hydrogen-bond donors (Lipinski definition) is 0. The Labute approximate surface area is 72.2 Å². The molecule has 0 aromatic carbocycles. The molecule has 10 heavy (non-hydrogen) atoms. The van der Waals surface area contributed by atoms with E-state index in [1.165, 1.54) is 0 Å². The highest BCUT2D eigenvalue weighted by Crippen LogP contribution is 2.22. The van der Waals surface area contributed by atoms with Gasteiger partial charge in [-0.25, -0.2) is 0 Å². The van der Waals surface area contributed by atoms with Crippen molar-refractivity contribution in [3.8, 4) is 0 Å². The fourth-order valence-electron chi connectivity index (χ4n) is 1.11. The quantitative estimate of drug-likeness (QED) is 0.395. The predicted octanol–water partition coefficient (Wildman–Crippen LogP) is 3.33. The van der Waals surface area contributed by atoms with Crippen LogP contribution in [0.25, 0.3) is 0 Å². The van der Waals surface area contributed by atoms with Crippen LogP contribution in [0.2, 0.25) is 0 Å². The van der Waals surface area contributed by atoms with Gasteiger partial charge in [-0.15, -0.1) is 23.2 Å². The van der Waals surface area contributed by atoms with E-state index < -0.39 is 0 Å². The Hall–Kier alpha value is 0.320. The van der Waals surface area contributed by atoms with E-state index >= 15 is 0 Å². The van der Waals surface area contributed by atoms with Gasteiger partial charge in [-0.3, -0.25) is 0 Å².